The van der Waals surface area contributed by atoms with Crippen LogP contribution < -0.4 is 5.32 Å². The summed E-state index contributed by atoms with van der Waals surface area (Å²) < 4.78 is -0.229. The Balaban J connectivity index is 2.68. The van der Waals surface area contributed by atoms with Crippen LogP contribution in [0.25, 0.3) is 0 Å². The van der Waals surface area contributed by atoms with Crippen molar-refractivity contribution in [3.8, 4) is 0 Å². The molecule has 1 heterocycles. The van der Waals surface area contributed by atoms with Crippen LogP contribution in [0.4, 0.5) is 4.79 Å². The quantitative estimate of drug-likeness (QED) is 0.581. The maximum Gasteiger partial charge on any atom is 0.445 e. The Morgan fingerprint density at radius 3 is 2.62 bits per heavy atom. The molecule has 1 atom stereocenters. The average Bonchev–Trinajstić information content (AvgIpc) is 1.86. The number of urea groups is 1. The number of hydrogen-bond donors (Lipinski definition) is 1. The van der Waals surface area contributed by atoms with Gasteiger partial charge in [0.15, 0.2) is 11.8 Å². The third kappa shape index (κ3) is 0.962. The summed E-state index contributed by atoms with van der Waals surface area (Å²) in [6, 6.07) is -0.188. The smallest absolute Gasteiger partial charge is 0.298 e. The number of carbonyl (C=O) groups excluding carboxylic acids is 1. The highest BCUT2D eigenvalue weighted by atomic mass is 79.9. The van der Waals surface area contributed by atoms with Crippen LogP contribution in [0, 0.1) is 0 Å². The molecule has 1 fully saturated rings. The molecular weight excluding hydrogens is 195 g/mol. The van der Waals surface area contributed by atoms with E-state index in [0.29, 0.717) is 13.1 Å². The van der Waals surface area contributed by atoms with Gasteiger partial charge in [-0.2, -0.15) is 0 Å². The maximum absolute atomic E-state index is 10.6. The molecule has 1 rings (SSSR count). The lowest BCUT2D eigenvalue weighted by molar-refractivity contribution is -0.540. The number of rotatable bonds is 0. The third-order valence-corrected chi connectivity index (χ3v) is 1.97. The topological polar surface area (TPSA) is 29.1 Å². The number of hydrogen-bond acceptors (Lipinski definition) is 1. The predicted molar refractivity (Wildman–Crippen MR) is 33.3 cm³/mol. The Morgan fingerprint density at radius 1 is 1.88 bits per heavy atom. The van der Waals surface area contributed by atoms with Gasteiger partial charge >= 0.3 is 6.03 Å². The lowest BCUT2D eigenvalue weighted by Crippen LogP contribution is -2.30. The first-order valence-corrected chi connectivity index (χ1v) is 3.23. The second-order valence-electron chi connectivity index (χ2n) is 1.59. The van der Waals surface area contributed by atoms with E-state index in [1.54, 1.807) is 0 Å². The van der Waals surface area contributed by atoms with Crippen LogP contribution in [0.2, 0.25) is 0 Å². The zero-order chi connectivity index (χ0) is 6.20. The van der Waals surface area contributed by atoms with Gasteiger partial charge in [0.2, 0.25) is 0 Å². The van der Waals surface area contributed by atoms with E-state index in [-0.39, 0.29) is 9.06 Å². The number of nitrogens with one attached hydrogen (secondary N) is 1. The van der Waals surface area contributed by atoms with E-state index in [0.717, 1.165) is 0 Å². The minimum Gasteiger partial charge on any atom is -0.298 e. The molecule has 0 aromatic carbocycles. The minimum atomic E-state index is -0.229. The highest BCUT2D eigenvalue weighted by Gasteiger charge is 2.39. The Labute approximate surface area is 60.6 Å². The molecule has 0 bridgehead atoms. The molecule has 8 heavy (non-hydrogen) atoms. The van der Waals surface area contributed by atoms with Gasteiger partial charge in [0.1, 0.15) is 6.54 Å². The first-order chi connectivity index (χ1) is 3.63. The van der Waals surface area contributed by atoms with Gasteiger partial charge in [0.05, 0.1) is 6.54 Å². The number of carbonyl (C=O) groups is 1. The van der Waals surface area contributed by atoms with E-state index < -0.39 is 0 Å². The van der Waals surface area contributed by atoms with Crippen LogP contribution in [0.5, 0.6) is 0 Å². The zero-order valence-corrected chi connectivity index (χ0v) is 6.37. The largest absolute Gasteiger partial charge is 0.445 e. The normalized spacial score (nSPS) is 37.5. The van der Waals surface area contributed by atoms with E-state index in [1.165, 1.54) is 0 Å². The highest BCUT2D eigenvalue weighted by molar-refractivity contribution is 9.05. The molecule has 46 valence electrons. The van der Waals surface area contributed by atoms with Crippen LogP contribution >= 0.6 is 27.9 Å². The maximum atomic E-state index is 10.6. The van der Waals surface area contributed by atoms with Gasteiger partial charge in [0, 0.05) is 0 Å². The molecule has 0 aromatic heterocycles. The molecule has 0 radical (unpaired) electrons. The lowest BCUT2D eigenvalue weighted by Gasteiger charge is -2.04. The van der Waals surface area contributed by atoms with Crippen molar-refractivity contribution in [2.24, 2.45) is 0 Å². The van der Waals surface area contributed by atoms with E-state index in [4.69, 9.17) is 11.8 Å². The van der Waals surface area contributed by atoms with Crippen LogP contribution in [-0.4, -0.2) is 22.1 Å². The molecule has 1 saturated heterocycles. The average molecular weight is 200 g/mol. The Morgan fingerprint density at radius 2 is 2.50 bits per heavy atom. The summed E-state index contributed by atoms with van der Waals surface area (Å²) in [6.07, 6.45) is 0. The first kappa shape index (κ1) is 6.32. The fraction of sp³-hybridized carbons (Fsp3) is 0.667. The van der Waals surface area contributed by atoms with Crippen molar-refractivity contribution >= 4 is 34.0 Å². The third-order valence-electron chi connectivity index (χ3n) is 0.966. The standard InChI is InChI=1S/C3H4BrClN2O/c4-7(5)2-1-6-3(7)8/h1-2H2/p+1. The monoisotopic (exact) mass is 199 g/mol. The van der Waals surface area contributed by atoms with E-state index in [9.17, 15) is 4.79 Å². The summed E-state index contributed by atoms with van der Waals surface area (Å²) >= 11 is 8.56. The molecule has 1 aliphatic heterocycles. The number of nitrogens with zero attached hydrogens (tertiary/aromatic N) is 1. The summed E-state index contributed by atoms with van der Waals surface area (Å²) in [4.78, 5) is 10.6. The lowest BCUT2D eigenvalue weighted by atomic mass is 10.7. The van der Waals surface area contributed by atoms with Gasteiger partial charge in [-0.1, -0.05) is 3.03 Å². The fourth-order valence-corrected chi connectivity index (χ4v) is 0.967. The summed E-state index contributed by atoms with van der Waals surface area (Å²) in [5.74, 6) is 0. The Hall–Kier alpha value is 0.200. The fourth-order valence-electron chi connectivity index (χ4n) is 0.520. The molecule has 0 spiro atoms. The van der Waals surface area contributed by atoms with E-state index in [1.807, 2.05) is 0 Å². The summed E-state index contributed by atoms with van der Waals surface area (Å²) in [5, 5.41) is 2.56. The second kappa shape index (κ2) is 1.86. The second-order valence-corrected chi connectivity index (χ2v) is 3.78. The van der Waals surface area contributed by atoms with Gasteiger partial charge in [-0.15, -0.1) is 0 Å². The van der Waals surface area contributed by atoms with Crippen molar-refractivity contribution in [1.29, 1.82) is 0 Å². The molecule has 1 aliphatic rings. The SMILES string of the molecule is O=C1NCC[N+]1(Cl)Br. The Kier molecular flexibility index (Phi) is 1.47. The van der Waals surface area contributed by atoms with Crippen LogP contribution in [0.1, 0.15) is 0 Å². The molecule has 0 saturated carbocycles. The molecule has 0 aromatic rings. The zero-order valence-electron chi connectivity index (χ0n) is 4.03. The highest BCUT2D eigenvalue weighted by Crippen LogP contribution is 2.22. The molecular formula is C3H5BrClN2O+. The van der Waals surface area contributed by atoms with Gasteiger partial charge in [0.25, 0.3) is 16.1 Å². The van der Waals surface area contributed by atoms with Crippen LogP contribution in [0.3, 0.4) is 0 Å². The van der Waals surface area contributed by atoms with Crippen LogP contribution in [-0.2, 0) is 0 Å². The number of halogens is 2. The van der Waals surface area contributed by atoms with Crippen molar-refractivity contribution in [1.82, 2.24) is 5.32 Å². The first-order valence-electron chi connectivity index (χ1n) is 2.19. The van der Waals surface area contributed by atoms with E-state index >= 15 is 0 Å². The predicted octanol–water partition coefficient (Wildman–Crippen LogP) is 0.990. The van der Waals surface area contributed by atoms with Crippen molar-refractivity contribution in [3.63, 3.8) is 0 Å². The molecule has 1 unspecified atom stereocenters. The van der Waals surface area contributed by atoms with Crippen molar-refractivity contribution < 1.29 is 7.82 Å². The van der Waals surface area contributed by atoms with Crippen molar-refractivity contribution in [2.75, 3.05) is 13.1 Å². The molecule has 5 heteroatoms. The summed E-state index contributed by atoms with van der Waals surface area (Å²) in [6.45, 7) is 1.24. The molecule has 1 N–H and O–H groups in total. The summed E-state index contributed by atoms with van der Waals surface area (Å²) in [5.41, 5.74) is 0. The molecule has 3 nitrogen and oxygen atoms in total. The van der Waals surface area contributed by atoms with Gasteiger partial charge in [-0.25, -0.2) is 4.79 Å². The molecule has 0 aliphatic carbocycles. The van der Waals surface area contributed by atoms with Crippen LogP contribution in [0.15, 0.2) is 0 Å². The number of amides is 2. The summed E-state index contributed by atoms with van der Waals surface area (Å²) in [7, 11) is 0. The van der Waals surface area contributed by atoms with Gasteiger partial charge in [-0.05, 0) is 0 Å². The number of quaternary nitrogens is 1. The minimum absolute atomic E-state index is 0.188. The molecule has 2 amide bonds. The Bertz CT molecular complexity index is 126. The van der Waals surface area contributed by atoms with Crippen molar-refractivity contribution in [3.05, 3.63) is 0 Å². The van der Waals surface area contributed by atoms with E-state index in [2.05, 4.69) is 21.5 Å². The van der Waals surface area contributed by atoms with Crippen molar-refractivity contribution in [2.45, 2.75) is 0 Å². The van der Waals surface area contributed by atoms with Gasteiger partial charge < -0.3 is 0 Å². The van der Waals surface area contributed by atoms with Gasteiger partial charge in [-0.3, -0.25) is 5.32 Å².